The maximum Gasteiger partial charge on any atom is 2.00 e. The largest absolute Gasteiger partial charge is 2.00 e. The summed E-state index contributed by atoms with van der Waals surface area (Å²) >= 11 is 0. The zero-order valence-corrected chi connectivity index (χ0v) is 27.2. The van der Waals surface area contributed by atoms with Crippen molar-refractivity contribution in [2.75, 3.05) is 0 Å². The molecular formula is C18H38BaCdO2Zn. The zero-order valence-electron chi connectivity index (χ0n) is 17.8. The normalized spacial score (nSPS) is 9.43. The van der Waals surface area contributed by atoms with Crippen LogP contribution in [0.3, 0.4) is 0 Å². The van der Waals surface area contributed by atoms with Crippen molar-refractivity contribution in [2.24, 2.45) is 0 Å². The molecule has 0 saturated carbocycles. The second-order valence-corrected chi connectivity index (χ2v) is 6.09. The molecule has 0 fully saturated rings. The van der Waals surface area contributed by atoms with Crippen molar-refractivity contribution in [2.45, 2.75) is 110 Å². The summed E-state index contributed by atoms with van der Waals surface area (Å²) < 4.78 is 0. The number of aliphatic carboxylic acids is 1. The molecule has 128 valence electrons. The molecule has 0 aliphatic rings. The molecule has 0 aromatic heterocycles. The minimum Gasteiger partial charge on any atom is -1.00 e. The van der Waals surface area contributed by atoms with Crippen LogP contribution >= 0.6 is 0 Å². The van der Waals surface area contributed by atoms with Gasteiger partial charge >= 0.3 is 54.9 Å². The monoisotopic (exact) mass is 602 g/mol. The Morgan fingerprint density at radius 2 is 0.957 bits per heavy atom. The zero-order chi connectivity index (χ0) is 14.9. The Kier molecular flexibility index (Phi) is 42.4. The average molecular weight is 602 g/mol. The van der Waals surface area contributed by atoms with Crippen molar-refractivity contribution in [1.29, 1.82) is 0 Å². The summed E-state index contributed by atoms with van der Waals surface area (Å²) in [4.78, 5) is 10.3. The number of carbonyl (C=O) groups is 1. The predicted molar refractivity (Wildman–Crippen MR) is 95.2 cm³/mol. The van der Waals surface area contributed by atoms with E-state index in [1.807, 2.05) is 0 Å². The Morgan fingerprint density at radius 1 is 0.696 bits per heavy atom. The molecule has 0 rings (SSSR count). The van der Waals surface area contributed by atoms with Crippen molar-refractivity contribution < 1.29 is 59.5 Å². The minimum atomic E-state index is -0.653. The Hall–Kier alpha value is 2.59. The van der Waals surface area contributed by atoms with Crippen LogP contribution in [0.5, 0.6) is 0 Å². The summed E-state index contributed by atoms with van der Waals surface area (Å²) in [5, 5.41) is 8.52. The van der Waals surface area contributed by atoms with Gasteiger partial charge in [-0.05, 0) is 6.42 Å². The number of hydrogen-bond donors (Lipinski definition) is 1. The molecular weight excluding hydrogens is 563 g/mol. The molecule has 0 aromatic rings. The van der Waals surface area contributed by atoms with Crippen LogP contribution in [0.4, 0.5) is 0 Å². The average Bonchev–Trinajstić information content (AvgIpc) is 2.43. The van der Waals surface area contributed by atoms with Crippen LogP contribution in [-0.4, -0.2) is 60.0 Å². The minimum absolute atomic E-state index is 0. The van der Waals surface area contributed by atoms with Gasteiger partial charge in [-0.2, -0.15) is 0 Å². The summed E-state index contributed by atoms with van der Waals surface area (Å²) in [5.41, 5.74) is 0. The molecule has 0 aromatic carbocycles. The van der Waals surface area contributed by atoms with Gasteiger partial charge in [0.15, 0.2) is 0 Å². The van der Waals surface area contributed by atoms with Crippen molar-refractivity contribution in [3.05, 3.63) is 0 Å². The van der Waals surface area contributed by atoms with Crippen molar-refractivity contribution >= 4 is 54.9 Å². The fourth-order valence-corrected chi connectivity index (χ4v) is 2.65. The third-order valence-electron chi connectivity index (χ3n) is 3.99. The van der Waals surface area contributed by atoms with Gasteiger partial charge in [0.2, 0.25) is 0 Å². The van der Waals surface area contributed by atoms with Gasteiger partial charge in [0.1, 0.15) is 0 Å². The third kappa shape index (κ3) is 32.7. The summed E-state index contributed by atoms with van der Waals surface area (Å²) in [6, 6.07) is 0. The second-order valence-electron chi connectivity index (χ2n) is 6.09. The SMILES string of the molecule is CCCCCCCCCCCCCCCCCC(=O)O.[Ba+2].[Cd].[H-].[H-].[Zn]. The summed E-state index contributed by atoms with van der Waals surface area (Å²) in [5.74, 6) is -0.653. The molecule has 0 aliphatic carbocycles. The maximum absolute atomic E-state index is 10.3. The summed E-state index contributed by atoms with van der Waals surface area (Å²) in [6.45, 7) is 2.27. The molecule has 23 heavy (non-hydrogen) atoms. The quantitative estimate of drug-likeness (QED) is 0.170. The Balaban J connectivity index is -0.000000180. The van der Waals surface area contributed by atoms with Crippen LogP contribution < -0.4 is 0 Å². The first-order chi connectivity index (χ1) is 9.77. The molecule has 0 spiro atoms. The Morgan fingerprint density at radius 3 is 1.22 bits per heavy atom. The molecule has 0 unspecified atom stereocenters. The van der Waals surface area contributed by atoms with Gasteiger partial charge in [-0.25, -0.2) is 0 Å². The summed E-state index contributed by atoms with van der Waals surface area (Å²) in [6.07, 6.45) is 20.2. The smallest absolute Gasteiger partial charge is 1.00 e. The Bertz CT molecular complexity index is 229. The number of carboxylic acids is 1. The van der Waals surface area contributed by atoms with Gasteiger partial charge in [-0.3, -0.25) is 4.79 Å². The van der Waals surface area contributed by atoms with Crippen molar-refractivity contribution in [3.8, 4) is 0 Å². The third-order valence-corrected chi connectivity index (χ3v) is 3.99. The van der Waals surface area contributed by atoms with Crippen LogP contribution in [0.1, 0.15) is 113 Å². The molecule has 0 atom stereocenters. The second kappa shape index (κ2) is 29.4. The van der Waals surface area contributed by atoms with Gasteiger partial charge in [-0.1, -0.05) is 96.8 Å². The van der Waals surface area contributed by atoms with Crippen LogP contribution in [0.15, 0.2) is 0 Å². The molecule has 0 amide bonds. The molecule has 0 aliphatic heterocycles. The van der Waals surface area contributed by atoms with E-state index in [0.29, 0.717) is 6.42 Å². The van der Waals surface area contributed by atoms with E-state index < -0.39 is 5.97 Å². The number of hydrogen-bond acceptors (Lipinski definition) is 1. The van der Waals surface area contributed by atoms with Crippen molar-refractivity contribution in [1.82, 2.24) is 0 Å². The first kappa shape index (κ1) is 33.2. The van der Waals surface area contributed by atoms with Crippen LogP contribution in [0, 0.1) is 0 Å². The van der Waals surface area contributed by atoms with E-state index in [1.165, 1.54) is 83.5 Å². The number of rotatable bonds is 16. The van der Waals surface area contributed by atoms with Crippen LogP contribution in [0.2, 0.25) is 0 Å². The summed E-state index contributed by atoms with van der Waals surface area (Å²) in [7, 11) is 0. The standard InChI is InChI=1S/C18H36O2.Ba.Cd.Zn.2H/c1-2-3-4-5-6-7-8-9-10-11-12-13-14-15-16-17-18(19)20;;;;;/h2-17H2,1H3,(H,19,20);;;;;/q;+2;;;2*-1. The molecule has 0 heterocycles. The van der Waals surface area contributed by atoms with Gasteiger partial charge in [0.25, 0.3) is 0 Å². The molecule has 0 bridgehead atoms. The van der Waals surface area contributed by atoms with Crippen LogP contribution in [-0.2, 0) is 51.6 Å². The van der Waals surface area contributed by atoms with Crippen LogP contribution in [0.25, 0.3) is 0 Å². The van der Waals surface area contributed by atoms with Gasteiger partial charge in [-0.15, -0.1) is 0 Å². The predicted octanol–water partition coefficient (Wildman–Crippen LogP) is 6.17. The molecule has 0 radical (unpaired) electrons. The van der Waals surface area contributed by atoms with E-state index in [0.717, 1.165) is 12.8 Å². The van der Waals surface area contributed by atoms with Gasteiger partial charge in [0.05, 0.1) is 0 Å². The van der Waals surface area contributed by atoms with Gasteiger partial charge in [0, 0.05) is 53.2 Å². The van der Waals surface area contributed by atoms with E-state index >= 15 is 0 Å². The topological polar surface area (TPSA) is 37.3 Å². The molecule has 2 nitrogen and oxygen atoms in total. The number of unbranched alkanes of at least 4 members (excludes halogenated alkanes) is 14. The van der Waals surface area contributed by atoms with E-state index in [-0.39, 0.29) is 98.5 Å². The Labute approximate surface area is 221 Å². The number of carboxylic acid groups (broad SMARTS) is 1. The fourth-order valence-electron chi connectivity index (χ4n) is 2.65. The van der Waals surface area contributed by atoms with E-state index in [9.17, 15) is 4.79 Å². The first-order valence-electron chi connectivity index (χ1n) is 8.99. The van der Waals surface area contributed by atoms with E-state index in [1.54, 1.807) is 0 Å². The fraction of sp³-hybridized carbons (Fsp3) is 0.944. The molecule has 5 heteroatoms. The van der Waals surface area contributed by atoms with Gasteiger partial charge < -0.3 is 7.96 Å². The first-order valence-corrected chi connectivity index (χ1v) is 8.99. The molecule has 1 N–H and O–H groups in total. The maximum atomic E-state index is 10.3. The molecule has 0 saturated heterocycles. The van der Waals surface area contributed by atoms with E-state index in [2.05, 4.69) is 6.92 Å². The van der Waals surface area contributed by atoms with Crippen molar-refractivity contribution in [3.63, 3.8) is 0 Å². The van der Waals surface area contributed by atoms with E-state index in [4.69, 9.17) is 5.11 Å².